The second-order valence-corrected chi connectivity index (χ2v) is 7.38. The molecule has 0 fully saturated rings. The number of ether oxygens (including phenoxy) is 2. The van der Waals surface area contributed by atoms with Crippen LogP contribution in [-0.2, 0) is 13.1 Å². The number of benzene rings is 2. The van der Waals surface area contributed by atoms with Crippen molar-refractivity contribution in [1.29, 1.82) is 0 Å². The van der Waals surface area contributed by atoms with Gasteiger partial charge in [-0.25, -0.2) is 29.1 Å². The molecule has 0 aliphatic carbocycles. The quantitative estimate of drug-likeness (QED) is 0.307. The summed E-state index contributed by atoms with van der Waals surface area (Å²) >= 11 is 0. The molecule has 12 nitrogen and oxygen atoms in total. The van der Waals surface area contributed by atoms with Gasteiger partial charge in [0.15, 0.2) is 0 Å². The van der Waals surface area contributed by atoms with Crippen molar-refractivity contribution in [1.82, 2.24) is 19.4 Å². The lowest BCUT2D eigenvalue weighted by atomic mass is 10.2. The Bertz CT molecular complexity index is 1320. The average Bonchev–Trinajstić information content (AvgIpc) is 3.31. The van der Waals surface area contributed by atoms with Crippen molar-refractivity contribution in [2.45, 2.75) is 25.9 Å². The zero-order chi connectivity index (χ0) is 23.9. The highest BCUT2D eigenvalue weighted by molar-refractivity contribution is 5.28. The van der Waals surface area contributed by atoms with Crippen LogP contribution >= 0.6 is 0 Å². The smallest absolute Gasteiger partial charge is 0.440 e. The highest BCUT2D eigenvalue weighted by Gasteiger charge is 2.05. The minimum absolute atomic E-state index is 0.150. The first-order valence-electron chi connectivity index (χ1n) is 10.5. The van der Waals surface area contributed by atoms with E-state index in [2.05, 4.69) is 0 Å². The van der Waals surface area contributed by atoms with E-state index in [-0.39, 0.29) is 13.1 Å². The Labute approximate surface area is 190 Å². The molecule has 4 rings (SSSR count). The molecule has 0 saturated heterocycles. The summed E-state index contributed by atoms with van der Waals surface area (Å²) in [5.41, 5.74) is 0.404. The summed E-state index contributed by atoms with van der Waals surface area (Å²) in [5, 5.41) is 0. The van der Waals surface area contributed by atoms with Gasteiger partial charge in [-0.1, -0.05) is 24.3 Å². The molecule has 2 aromatic carbocycles. The highest BCUT2D eigenvalue weighted by Crippen LogP contribution is 2.15. The number of nitrogens with zero attached hydrogens (tertiary/aromatic N) is 2. The number of nitrogens with one attached hydrogen (secondary N) is 2. The summed E-state index contributed by atoms with van der Waals surface area (Å²) in [7, 11) is 0. The molecule has 0 aliphatic rings. The minimum atomic E-state index is -0.784. The normalized spacial score (nSPS) is 10.9. The predicted octanol–water partition coefficient (Wildman–Crippen LogP) is 0.907. The molecule has 34 heavy (non-hydrogen) atoms. The number of aromatic amines is 2. The van der Waals surface area contributed by atoms with Crippen molar-refractivity contribution >= 4 is 0 Å². The average molecular weight is 470 g/mol. The summed E-state index contributed by atoms with van der Waals surface area (Å²) in [6.07, 6.45) is 1.58. The van der Waals surface area contributed by atoms with Crippen molar-refractivity contribution in [2.75, 3.05) is 13.2 Å². The maximum Gasteiger partial charge on any atom is 0.440 e. The van der Waals surface area contributed by atoms with Crippen molar-refractivity contribution in [3.63, 3.8) is 0 Å². The lowest BCUT2D eigenvalue weighted by Crippen LogP contribution is -2.17. The summed E-state index contributed by atoms with van der Waals surface area (Å²) in [4.78, 5) is 49.1. The van der Waals surface area contributed by atoms with Gasteiger partial charge in [0.1, 0.15) is 11.5 Å². The zero-order valence-corrected chi connectivity index (χ0v) is 18.0. The van der Waals surface area contributed by atoms with E-state index in [4.69, 9.17) is 18.5 Å². The fraction of sp³-hybridized carbons (Fsp3) is 0.273. The topological polar surface area (TPSA) is 154 Å². The van der Waals surface area contributed by atoms with Crippen LogP contribution in [0.4, 0.5) is 0 Å². The minimum Gasteiger partial charge on any atom is -0.494 e. The van der Waals surface area contributed by atoms with Gasteiger partial charge in [-0.05, 0) is 48.2 Å². The van der Waals surface area contributed by atoms with Crippen LogP contribution in [0.1, 0.15) is 24.0 Å². The summed E-state index contributed by atoms with van der Waals surface area (Å²) in [6.45, 7) is 1.34. The van der Waals surface area contributed by atoms with Crippen molar-refractivity contribution in [3.8, 4) is 11.5 Å². The third-order valence-electron chi connectivity index (χ3n) is 4.83. The third-order valence-corrected chi connectivity index (χ3v) is 4.83. The monoisotopic (exact) mass is 470 g/mol. The van der Waals surface area contributed by atoms with Crippen molar-refractivity contribution in [2.24, 2.45) is 0 Å². The van der Waals surface area contributed by atoms with Crippen LogP contribution in [0, 0.1) is 0 Å². The van der Waals surface area contributed by atoms with Gasteiger partial charge in [0, 0.05) is 0 Å². The second-order valence-electron chi connectivity index (χ2n) is 7.38. The molecule has 12 heteroatoms. The first kappa shape index (κ1) is 22.7. The van der Waals surface area contributed by atoms with E-state index in [1.165, 1.54) is 0 Å². The molecular formula is C22H22N4O8. The predicted molar refractivity (Wildman–Crippen MR) is 118 cm³/mol. The Hall–Kier alpha value is -4.48. The van der Waals surface area contributed by atoms with Crippen LogP contribution in [-0.4, -0.2) is 32.7 Å². The first-order chi connectivity index (χ1) is 16.5. The molecule has 0 aliphatic heterocycles. The molecule has 2 N–H and O–H groups in total. The Morgan fingerprint density at radius 1 is 0.618 bits per heavy atom. The fourth-order valence-corrected chi connectivity index (χ4v) is 3.13. The maximum atomic E-state index is 11.5. The number of unbranched alkanes of at least 4 members (excludes halogenated alkanes) is 1. The second kappa shape index (κ2) is 10.4. The van der Waals surface area contributed by atoms with Crippen molar-refractivity contribution in [3.05, 3.63) is 102 Å². The van der Waals surface area contributed by atoms with E-state index < -0.39 is 22.9 Å². The van der Waals surface area contributed by atoms with E-state index in [1.54, 1.807) is 48.5 Å². The van der Waals surface area contributed by atoms with Gasteiger partial charge < -0.3 is 18.5 Å². The van der Waals surface area contributed by atoms with Gasteiger partial charge in [0.05, 0.1) is 26.3 Å². The number of hydrogen-bond donors (Lipinski definition) is 2. The van der Waals surface area contributed by atoms with Gasteiger partial charge in [-0.2, -0.15) is 0 Å². The number of H-pyrrole nitrogens is 2. The molecule has 0 radical (unpaired) electrons. The summed E-state index contributed by atoms with van der Waals surface area (Å²) < 4.78 is 22.8. The Kier molecular flexibility index (Phi) is 6.96. The van der Waals surface area contributed by atoms with Gasteiger partial charge >= 0.3 is 22.9 Å². The number of rotatable bonds is 11. The largest absolute Gasteiger partial charge is 0.494 e. The Morgan fingerprint density at radius 3 is 1.32 bits per heavy atom. The molecule has 2 heterocycles. The third kappa shape index (κ3) is 6.06. The fourth-order valence-electron chi connectivity index (χ4n) is 3.13. The van der Waals surface area contributed by atoms with Crippen LogP contribution in [0.3, 0.4) is 0 Å². The molecular weight excluding hydrogens is 448 g/mol. The van der Waals surface area contributed by atoms with Crippen molar-refractivity contribution < 1.29 is 18.5 Å². The van der Waals surface area contributed by atoms with E-state index >= 15 is 0 Å². The van der Waals surface area contributed by atoms with E-state index in [0.29, 0.717) is 24.7 Å². The lowest BCUT2D eigenvalue weighted by molar-refractivity contribution is 0.257. The molecule has 0 atom stereocenters. The molecule has 4 aromatic rings. The molecule has 0 spiro atoms. The number of hydrogen-bond acceptors (Lipinski definition) is 8. The van der Waals surface area contributed by atoms with Crippen LogP contribution in [0.15, 0.2) is 76.8 Å². The molecule has 0 unspecified atom stereocenters. The molecule has 178 valence electrons. The van der Waals surface area contributed by atoms with Gasteiger partial charge in [0.25, 0.3) is 0 Å². The standard InChI is InChI=1S/C22H22N4O8/c27-19-23-21(29)33-25(19)13-15-3-7-17(8-4-15)31-11-1-2-12-32-18-9-5-16(6-10-18)14-26-20(28)24-22(30)34-26/h3-10H,1-2,11-14H2,(H,23,27,29)(H,24,28,30). The van der Waals surface area contributed by atoms with Crippen LogP contribution < -0.4 is 32.4 Å². The Morgan fingerprint density at radius 2 is 1.00 bits per heavy atom. The van der Waals surface area contributed by atoms with E-state index in [0.717, 1.165) is 33.4 Å². The Balaban J connectivity index is 1.14. The molecule has 2 aromatic heterocycles. The molecule has 0 amide bonds. The number of aromatic nitrogens is 4. The van der Waals surface area contributed by atoms with Crippen LogP contribution in [0.5, 0.6) is 11.5 Å². The van der Waals surface area contributed by atoms with E-state index in [1.807, 2.05) is 9.97 Å². The lowest BCUT2D eigenvalue weighted by Gasteiger charge is -2.09. The molecule has 0 bridgehead atoms. The van der Waals surface area contributed by atoms with Crippen LogP contribution in [0.25, 0.3) is 0 Å². The first-order valence-corrected chi connectivity index (χ1v) is 10.5. The zero-order valence-electron chi connectivity index (χ0n) is 18.0. The van der Waals surface area contributed by atoms with Gasteiger partial charge in [-0.15, -0.1) is 9.48 Å². The van der Waals surface area contributed by atoms with Gasteiger partial charge in [-0.3, -0.25) is 0 Å². The van der Waals surface area contributed by atoms with E-state index in [9.17, 15) is 19.2 Å². The van der Waals surface area contributed by atoms with Gasteiger partial charge in [0.2, 0.25) is 0 Å². The maximum absolute atomic E-state index is 11.5. The van der Waals surface area contributed by atoms with Crippen LogP contribution in [0.2, 0.25) is 0 Å². The summed E-state index contributed by atoms with van der Waals surface area (Å²) in [6, 6.07) is 14.3. The SMILES string of the molecule is O=c1[nH]c(=O)n(Cc2ccc(OCCCCOc3ccc(Cn4oc(=O)[nH]c4=O)cc3)cc2)o1. The highest BCUT2D eigenvalue weighted by atomic mass is 16.5. The summed E-state index contributed by atoms with van der Waals surface area (Å²) in [5.74, 6) is -0.179. The molecule has 0 saturated carbocycles.